The number of hydrogen-bond donors (Lipinski definition) is 2. The molecular weight excluding hydrogens is 286 g/mol. The fraction of sp³-hybridized carbons (Fsp3) is 0. The van der Waals surface area contributed by atoms with Gasteiger partial charge < -0.3 is 15.9 Å². The minimum atomic E-state index is 0.536. The summed E-state index contributed by atoms with van der Waals surface area (Å²) in [6.45, 7) is 4.13. The summed E-state index contributed by atoms with van der Waals surface area (Å²) >= 11 is 0. The number of nitrogens with zero attached hydrogens (tertiary/aromatic N) is 1. The molecule has 0 fully saturated rings. The summed E-state index contributed by atoms with van der Waals surface area (Å²) in [4.78, 5) is 4.60. The van der Waals surface area contributed by atoms with Crippen LogP contribution in [0.15, 0.2) is 64.5 Å². The van der Waals surface area contributed by atoms with Crippen molar-refractivity contribution in [3.05, 3.63) is 66.4 Å². The van der Waals surface area contributed by atoms with Gasteiger partial charge in [0, 0.05) is 22.2 Å². The molecule has 2 aromatic carbocycles. The van der Waals surface area contributed by atoms with Gasteiger partial charge in [-0.15, -0.1) is 0 Å². The van der Waals surface area contributed by atoms with Gasteiger partial charge in [-0.3, -0.25) is 0 Å². The van der Waals surface area contributed by atoms with Crippen LogP contribution in [-0.4, -0.2) is 5.71 Å². The Bertz CT molecular complexity index is 1010. The monoisotopic (exact) mass is 301 g/mol. The highest BCUT2D eigenvalue weighted by molar-refractivity contribution is 6.33. The number of nitrogens with two attached hydrogens (primary N) is 2. The first kappa shape index (κ1) is 13.4. The summed E-state index contributed by atoms with van der Waals surface area (Å²) in [7, 11) is 0. The lowest BCUT2D eigenvalue weighted by molar-refractivity contribution is 0.601. The van der Waals surface area contributed by atoms with Gasteiger partial charge in [-0.25, -0.2) is 4.99 Å². The van der Waals surface area contributed by atoms with E-state index in [2.05, 4.69) is 11.6 Å². The van der Waals surface area contributed by atoms with Crippen molar-refractivity contribution in [2.24, 2.45) is 4.99 Å². The van der Waals surface area contributed by atoms with Crippen molar-refractivity contribution >= 4 is 45.4 Å². The SMILES string of the molecule is C=C1C(=Nc2ccc(N)cc2N)C=Cc2c1oc1ccccc21. The van der Waals surface area contributed by atoms with Crippen LogP contribution in [-0.2, 0) is 0 Å². The highest BCUT2D eigenvalue weighted by Gasteiger charge is 2.21. The van der Waals surface area contributed by atoms with Gasteiger partial charge in [0.1, 0.15) is 11.3 Å². The van der Waals surface area contributed by atoms with Crippen LogP contribution < -0.4 is 11.5 Å². The van der Waals surface area contributed by atoms with Gasteiger partial charge in [0.2, 0.25) is 0 Å². The largest absolute Gasteiger partial charge is 0.455 e. The zero-order valence-electron chi connectivity index (χ0n) is 12.4. The molecule has 4 N–H and O–H groups in total. The lowest BCUT2D eigenvalue weighted by Gasteiger charge is -2.11. The fourth-order valence-electron chi connectivity index (χ4n) is 2.74. The number of anilines is 2. The fourth-order valence-corrected chi connectivity index (χ4v) is 2.74. The van der Waals surface area contributed by atoms with Crippen LogP contribution in [0.2, 0.25) is 0 Å². The molecule has 0 amide bonds. The van der Waals surface area contributed by atoms with Crippen molar-refractivity contribution in [1.29, 1.82) is 0 Å². The molecule has 1 heterocycles. The van der Waals surface area contributed by atoms with Gasteiger partial charge in [0.05, 0.1) is 17.1 Å². The molecule has 0 radical (unpaired) electrons. The molecule has 4 rings (SSSR count). The van der Waals surface area contributed by atoms with E-state index in [1.807, 2.05) is 36.4 Å². The second kappa shape index (κ2) is 4.88. The number of rotatable bonds is 1. The third kappa shape index (κ3) is 2.12. The van der Waals surface area contributed by atoms with Gasteiger partial charge in [-0.2, -0.15) is 0 Å². The first-order valence-corrected chi connectivity index (χ1v) is 7.26. The first-order chi connectivity index (χ1) is 11.1. The summed E-state index contributed by atoms with van der Waals surface area (Å²) < 4.78 is 5.94. The number of allylic oxidation sites excluding steroid dienone is 2. The Morgan fingerprint density at radius 1 is 1.00 bits per heavy atom. The molecule has 0 saturated heterocycles. The van der Waals surface area contributed by atoms with Crippen molar-refractivity contribution in [3.8, 4) is 0 Å². The molecule has 0 bridgehead atoms. The summed E-state index contributed by atoms with van der Waals surface area (Å²) in [6, 6.07) is 13.2. The molecule has 0 saturated carbocycles. The molecule has 3 aromatic rings. The van der Waals surface area contributed by atoms with E-state index < -0.39 is 0 Å². The molecule has 0 unspecified atom stereocenters. The minimum absolute atomic E-state index is 0.536. The van der Waals surface area contributed by atoms with E-state index in [4.69, 9.17) is 15.9 Å². The second-order valence-electron chi connectivity index (χ2n) is 5.47. The number of nitrogen functional groups attached to an aromatic ring is 2. The molecule has 4 heteroatoms. The second-order valence-corrected chi connectivity index (χ2v) is 5.47. The van der Waals surface area contributed by atoms with Gasteiger partial charge in [-0.1, -0.05) is 24.8 Å². The molecule has 23 heavy (non-hydrogen) atoms. The number of benzene rings is 2. The summed E-state index contributed by atoms with van der Waals surface area (Å²) in [5.41, 5.74) is 16.9. The summed E-state index contributed by atoms with van der Waals surface area (Å²) in [6.07, 6.45) is 3.94. The van der Waals surface area contributed by atoms with Crippen LogP contribution in [0.5, 0.6) is 0 Å². The van der Waals surface area contributed by atoms with Crippen LogP contribution in [0.3, 0.4) is 0 Å². The highest BCUT2D eigenvalue weighted by Crippen LogP contribution is 2.36. The summed E-state index contributed by atoms with van der Waals surface area (Å²) in [5.74, 6) is 0.751. The number of aliphatic imine (C=N–C) groups is 1. The van der Waals surface area contributed by atoms with Crippen molar-refractivity contribution in [2.45, 2.75) is 0 Å². The Morgan fingerprint density at radius 2 is 1.83 bits per heavy atom. The predicted octanol–water partition coefficient (Wildman–Crippen LogP) is 4.41. The third-order valence-electron chi connectivity index (χ3n) is 3.92. The van der Waals surface area contributed by atoms with Gasteiger partial charge in [0.25, 0.3) is 0 Å². The van der Waals surface area contributed by atoms with E-state index in [9.17, 15) is 0 Å². The zero-order valence-corrected chi connectivity index (χ0v) is 12.4. The molecule has 112 valence electrons. The smallest absolute Gasteiger partial charge is 0.144 e. The maximum Gasteiger partial charge on any atom is 0.144 e. The standard InChI is InChI=1S/C19H15N3O/c1-11-16(22-17-8-6-12(20)10-15(17)21)9-7-14-13-4-2-3-5-18(13)23-19(11)14/h2-10H,1,20-21H2. The lowest BCUT2D eigenvalue weighted by Crippen LogP contribution is -2.02. The molecule has 1 aliphatic carbocycles. The van der Waals surface area contributed by atoms with Crippen LogP contribution in [0.25, 0.3) is 22.6 Å². The third-order valence-corrected chi connectivity index (χ3v) is 3.92. The predicted molar refractivity (Wildman–Crippen MR) is 96.6 cm³/mol. The molecule has 1 aliphatic rings. The normalized spacial score (nSPS) is 15.3. The van der Waals surface area contributed by atoms with E-state index in [0.717, 1.165) is 33.6 Å². The van der Waals surface area contributed by atoms with Crippen molar-refractivity contribution in [1.82, 2.24) is 0 Å². The van der Waals surface area contributed by atoms with E-state index in [0.29, 0.717) is 17.1 Å². The van der Waals surface area contributed by atoms with Crippen LogP contribution in [0.4, 0.5) is 17.1 Å². The van der Waals surface area contributed by atoms with E-state index >= 15 is 0 Å². The molecule has 1 aromatic heterocycles. The maximum absolute atomic E-state index is 5.98. The Hall–Kier alpha value is -3.27. The Kier molecular flexibility index (Phi) is 2.84. The van der Waals surface area contributed by atoms with Gasteiger partial charge in [-0.05, 0) is 36.4 Å². The number of para-hydroxylation sites is 1. The first-order valence-electron chi connectivity index (χ1n) is 7.26. The zero-order chi connectivity index (χ0) is 16.0. The topological polar surface area (TPSA) is 77.5 Å². The minimum Gasteiger partial charge on any atom is -0.455 e. The molecular formula is C19H15N3O. The number of hydrogen-bond acceptors (Lipinski definition) is 4. The van der Waals surface area contributed by atoms with Crippen LogP contribution in [0.1, 0.15) is 11.3 Å². The Balaban J connectivity index is 1.82. The van der Waals surface area contributed by atoms with Crippen LogP contribution >= 0.6 is 0 Å². The average Bonchev–Trinajstić information content (AvgIpc) is 2.92. The molecule has 0 spiro atoms. The van der Waals surface area contributed by atoms with E-state index in [1.165, 1.54) is 0 Å². The van der Waals surface area contributed by atoms with Gasteiger partial charge >= 0.3 is 0 Å². The summed E-state index contributed by atoms with van der Waals surface area (Å²) in [5, 5.41) is 1.07. The van der Waals surface area contributed by atoms with Crippen molar-refractivity contribution in [3.63, 3.8) is 0 Å². The Morgan fingerprint density at radius 3 is 2.65 bits per heavy atom. The molecule has 4 nitrogen and oxygen atoms in total. The van der Waals surface area contributed by atoms with Crippen LogP contribution in [0, 0.1) is 0 Å². The highest BCUT2D eigenvalue weighted by atomic mass is 16.3. The number of furan rings is 1. The van der Waals surface area contributed by atoms with E-state index in [-0.39, 0.29) is 0 Å². The van der Waals surface area contributed by atoms with E-state index in [1.54, 1.807) is 18.2 Å². The molecule has 0 atom stereocenters. The molecule has 0 aliphatic heterocycles. The van der Waals surface area contributed by atoms with Gasteiger partial charge in [0.15, 0.2) is 0 Å². The maximum atomic E-state index is 5.98. The van der Waals surface area contributed by atoms with Crippen molar-refractivity contribution in [2.75, 3.05) is 11.5 Å². The quantitative estimate of drug-likeness (QED) is 0.653. The number of fused-ring (bicyclic) bond motifs is 3. The van der Waals surface area contributed by atoms with Crippen molar-refractivity contribution < 1.29 is 4.42 Å². The average molecular weight is 301 g/mol. The Labute approximate surface area is 133 Å². The lowest BCUT2D eigenvalue weighted by atomic mass is 9.97.